The summed E-state index contributed by atoms with van der Waals surface area (Å²) in [6.45, 7) is 7.13. The number of unbranched alkanes of at least 4 members (excludes halogenated alkanes) is 1. The maximum Gasteiger partial charge on any atom is 0.306 e. The molecule has 1 amide bonds. The Kier molecular flexibility index (Phi) is 10.5. The first kappa shape index (κ1) is 33.2. The van der Waals surface area contributed by atoms with E-state index in [0.717, 1.165) is 41.9 Å². The second-order valence-electron chi connectivity index (χ2n) is 12.5. The summed E-state index contributed by atoms with van der Waals surface area (Å²) >= 11 is 0. The number of amides is 1. The summed E-state index contributed by atoms with van der Waals surface area (Å²) in [6, 6.07) is 32.5. The zero-order valence-corrected chi connectivity index (χ0v) is 27.4. The summed E-state index contributed by atoms with van der Waals surface area (Å²) in [5.74, 6) is -0.333. The summed E-state index contributed by atoms with van der Waals surface area (Å²) in [5.41, 5.74) is 5.33. The Morgan fingerprint density at radius 2 is 1.55 bits per heavy atom. The van der Waals surface area contributed by atoms with Gasteiger partial charge in [-0.1, -0.05) is 60.7 Å². The van der Waals surface area contributed by atoms with Crippen LogP contribution in [-0.2, 0) is 16.1 Å². The van der Waals surface area contributed by atoms with E-state index >= 15 is 0 Å². The number of hydrogen-bond donors (Lipinski definition) is 3. The molecule has 0 aliphatic heterocycles. The van der Waals surface area contributed by atoms with Gasteiger partial charge in [0.15, 0.2) is 5.88 Å². The van der Waals surface area contributed by atoms with Crippen molar-refractivity contribution in [3.05, 3.63) is 125 Å². The maximum atomic E-state index is 13.5. The number of carbonyl (C=O) groups is 2. The molecule has 0 spiro atoms. The van der Waals surface area contributed by atoms with Gasteiger partial charge in [0.1, 0.15) is 5.60 Å². The van der Waals surface area contributed by atoms with Gasteiger partial charge < -0.3 is 25.0 Å². The van der Waals surface area contributed by atoms with Crippen molar-refractivity contribution in [1.82, 2.24) is 10.3 Å². The molecule has 3 N–H and O–H groups in total. The Labute approximate surface area is 276 Å². The summed E-state index contributed by atoms with van der Waals surface area (Å²) in [6.07, 6.45) is 2.08. The molecule has 0 fully saturated rings. The number of para-hydroxylation sites is 1. The van der Waals surface area contributed by atoms with Crippen LogP contribution in [0, 0.1) is 0 Å². The van der Waals surface area contributed by atoms with E-state index in [0.29, 0.717) is 40.7 Å². The van der Waals surface area contributed by atoms with Crippen molar-refractivity contribution in [2.45, 2.75) is 52.2 Å². The highest BCUT2D eigenvalue weighted by Crippen LogP contribution is 2.33. The van der Waals surface area contributed by atoms with Crippen LogP contribution in [-0.4, -0.2) is 46.9 Å². The average molecular weight is 631 g/mol. The van der Waals surface area contributed by atoms with Crippen LogP contribution in [0.2, 0.25) is 0 Å². The van der Waals surface area contributed by atoms with Gasteiger partial charge in [0, 0.05) is 47.7 Å². The van der Waals surface area contributed by atoms with Gasteiger partial charge in [0.25, 0.3) is 5.91 Å². The molecular weight excluding hydrogens is 588 g/mol. The van der Waals surface area contributed by atoms with Gasteiger partial charge in [-0.05, 0) is 88.2 Å². The van der Waals surface area contributed by atoms with Crippen LogP contribution in [0.1, 0.15) is 67.1 Å². The van der Waals surface area contributed by atoms with Crippen LogP contribution in [0.15, 0.2) is 108 Å². The monoisotopic (exact) mass is 630 g/mol. The lowest BCUT2D eigenvalue weighted by Crippen LogP contribution is -2.26. The molecule has 8 heteroatoms. The second-order valence-corrected chi connectivity index (χ2v) is 12.5. The number of hydrogen-bond acceptors (Lipinski definition) is 6. The zero-order valence-electron chi connectivity index (χ0n) is 27.4. The molecule has 242 valence electrons. The van der Waals surface area contributed by atoms with Crippen molar-refractivity contribution in [1.29, 1.82) is 0 Å². The minimum atomic E-state index is -0.451. The molecule has 0 bridgehead atoms. The van der Waals surface area contributed by atoms with Crippen molar-refractivity contribution in [3.8, 4) is 5.88 Å². The number of nitrogens with one attached hydrogen (secondary N) is 2. The fourth-order valence-corrected chi connectivity index (χ4v) is 5.34. The smallest absolute Gasteiger partial charge is 0.306 e. The molecule has 0 unspecified atom stereocenters. The van der Waals surface area contributed by atoms with E-state index in [1.807, 2.05) is 118 Å². The molecule has 0 aliphatic carbocycles. The number of nitrogens with zero attached hydrogens (tertiary/aromatic N) is 2. The lowest BCUT2D eigenvalue weighted by atomic mass is 9.99. The fourth-order valence-electron chi connectivity index (χ4n) is 5.34. The zero-order chi connectivity index (χ0) is 33.4. The van der Waals surface area contributed by atoms with Crippen LogP contribution in [0.25, 0.3) is 10.9 Å². The summed E-state index contributed by atoms with van der Waals surface area (Å²) < 4.78 is 5.37. The van der Waals surface area contributed by atoms with E-state index in [1.54, 1.807) is 18.0 Å². The number of carbonyl (C=O) groups excluding carboxylic acids is 2. The van der Waals surface area contributed by atoms with Gasteiger partial charge >= 0.3 is 5.97 Å². The Morgan fingerprint density at radius 3 is 2.23 bits per heavy atom. The highest BCUT2D eigenvalue weighted by molar-refractivity contribution is 6.22. The first-order valence-electron chi connectivity index (χ1n) is 15.9. The predicted octanol–water partition coefficient (Wildman–Crippen LogP) is 7.92. The molecule has 8 nitrogen and oxygen atoms in total. The summed E-state index contributed by atoms with van der Waals surface area (Å²) in [7, 11) is 1.75. The highest BCUT2D eigenvalue weighted by Gasteiger charge is 2.21. The third kappa shape index (κ3) is 8.74. The first-order chi connectivity index (χ1) is 22.6. The topological polar surface area (TPSA) is 107 Å². The van der Waals surface area contributed by atoms with Gasteiger partial charge in [0.2, 0.25) is 0 Å². The number of aromatic nitrogens is 1. The number of benzene rings is 4. The van der Waals surface area contributed by atoms with E-state index in [1.165, 1.54) is 0 Å². The van der Waals surface area contributed by atoms with Crippen molar-refractivity contribution >= 4 is 39.9 Å². The number of H-pyrrole nitrogens is 1. The van der Waals surface area contributed by atoms with Crippen LogP contribution in [0.3, 0.4) is 0 Å². The van der Waals surface area contributed by atoms with Crippen LogP contribution in [0.5, 0.6) is 5.88 Å². The third-order valence-corrected chi connectivity index (χ3v) is 7.67. The number of rotatable bonds is 12. The Bertz CT molecular complexity index is 1840. The van der Waals surface area contributed by atoms with Crippen molar-refractivity contribution in [3.63, 3.8) is 0 Å². The third-order valence-electron chi connectivity index (χ3n) is 7.67. The van der Waals surface area contributed by atoms with Crippen LogP contribution < -0.4 is 10.2 Å². The average Bonchev–Trinajstić information content (AvgIpc) is 3.39. The minimum Gasteiger partial charge on any atom is -0.494 e. The number of aromatic amines is 1. The van der Waals surface area contributed by atoms with Gasteiger partial charge in [-0.2, -0.15) is 0 Å². The Hall–Kier alpha value is -5.21. The van der Waals surface area contributed by atoms with Gasteiger partial charge in [0.05, 0.1) is 17.0 Å². The molecule has 1 heterocycles. The quantitative estimate of drug-likeness (QED) is 0.0738. The van der Waals surface area contributed by atoms with Gasteiger partial charge in [-0.25, -0.2) is 4.99 Å². The molecule has 0 aliphatic rings. The number of anilines is 1. The normalized spacial score (nSPS) is 11.9. The standard InChI is InChI=1S/C39H42N4O4/c1-39(2,3)47-34(44)17-11-12-24-40-26-27-18-21-30(22-19-27)41-36(28-13-7-5-8-14-28)35-32-25-29(20-23-33(32)42-37(35)45)38(46)43(4)31-15-9-6-10-16-31/h5-10,13-16,18-23,25,40,42,45H,11-12,17,24,26H2,1-4H3. The summed E-state index contributed by atoms with van der Waals surface area (Å²) in [4.78, 5) is 35.1. The molecule has 1 aromatic heterocycles. The van der Waals surface area contributed by atoms with E-state index in [2.05, 4.69) is 10.3 Å². The van der Waals surface area contributed by atoms with Crippen molar-refractivity contribution < 1.29 is 19.4 Å². The van der Waals surface area contributed by atoms with Crippen molar-refractivity contribution in [2.75, 3.05) is 18.5 Å². The number of aliphatic imine (C=N–C) groups is 1. The Balaban J connectivity index is 1.34. The lowest BCUT2D eigenvalue weighted by molar-refractivity contribution is -0.154. The van der Waals surface area contributed by atoms with Gasteiger partial charge in [-0.15, -0.1) is 0 Å². The number of esters is 1. The highest BCUT2D eigenvalue weighted by atomic mass is 16.6. The Morgan fingerprint density at radius 1 is 0.872 bits per heavy atom. The number of ether oxygens (including phenoxy) is 1. The molecule has 4 aromatic carbocycles. The molecule has 0 radical (unpaired) electrons. The van der Waals surface area contributed by atoms with Crippen LogP contribution >= 0.6 is 0 Å². The lowest BCUT2D eigenvalue weighted by Gasteiger charge is -2.19. The van der Waals surface area contributed by atoms with E-state index in [-0.39, 0.29) is 17.8 Å². The SMILES string of the molecule is CN(C(=O)c1ccc2[nH]c(O)c(C(=Nc3ccc(CNCCCCC(=O)OC(C)(C)C)cc3)c3ccccc3)c2c1)c1ccccc1. The number of aromatic hydroxyl groups is 1. The molecule has 5 rings (SSSR count). The first-order valence-corrected chi connectivity index (χ1v) is 15.9. The molecule has 0 saturated carbocycles. The second kappa shape index (κ2) is 14.9. The van der Waals surface area contributed by atoms with Crippen molar-refractivity contribution in [2.24, 2.45) is 4.99 Å². The van der Waals surface area contributed by atoms with E-state index in [4.69, 9.17) is 9.73 Å². The van der Waals surface area contributed by atoms with E-state index in [9.17, 15) is 14.7 Å². The van der Waals surface area contributed by atoms with Gasteiger partial charge in [-0.3, -0.25) is 9.59 Å². The number of fused-ring (bicyclic) bond motifs is 1. The molecule has 0 atom stereocenters. The minimum absolute atomic E-state index is 0.0175. The predicted molar refractivity (Wildman–Crippen MR) is 189 cm³/mol. The van der Waals surface area contributed by atoms with Crippen LogP contribution in [0.4, 0.5) is 11.4 Å². The molecule has 47 heavy (non-hydrogen) atoms. The fraction of sp³-hybridized carbons (Fsp3) is 0.256. The molecular formula is C39H42N4O4. The largest absolute Gasteiger partial charge is 0.494 e. The van der Waals surface area contributed by atoms with E-state index < -0.39 is 5.60 Å². The maximum absolute atomic E-state index is 13.5. The molecule has 0 saturated heterocycles. The summed E-state index contributed by atoms with van der Waals surface area (Å²) in [5, 5.41) is 15.3. The molecule has 5 aromatic rings.